The first-order chi connectivity index (χ1) is 11.3. The summed E-state index contributed by atoms with van der Waals surface area (Å²) in [7, 11) is 0. The monoisotopic (exact) mass is 347 g/mol. The Labute approximate surface area is 149 Å². The highest BCUT2D eigenvalue weighted by molar-refractivity contribution is 5.85. The molecule has 1 atom stereocenters. The summed E-state index contributed by atoms with van der Waals surface area (Å²) in [6.07, 6.45) is 6.01. The summed E-state index contributed by atoms with van der Waals surface area (Å²) >= 11 is 0. The van der Waals surface area contributed by atoms with E-state index in [2.05, 4.69) is 39.5 Å². The Morgan fingerprint density at radius 1 is 1.21 bits per heavy atom. The third-order valence-corrected chi connectivity index (χ3v) is 5.14. The summed E-state index contributed by atoms with van der Waals surface area (Å²) in [5, 5.41) is 4.57. The first-order valence-corrected chi connectivity index (χ1v) is 8.89. The Hall–Kier alpha value is -1.52. The van der Waals surface area contributed by atoms with E-state index in [1.807, 2.05) is 6.07 Å². The van der Waals surface area contributed by atoms with Crippen molar-refractivity contribution in [2.75, 3.05) is 19.6 Å². The molecule has 2 aromatic rings. The number of benzene rings is 1. The number of aromatic nitrogens is 1. The molecular formula is C19H26ClN3O. The zero-order valence-corrected chi connectivity index (χ0v) is 14.8. The maximum absolute atomic E-state index is 12.6. The molecule has 1 amide bonds. The van der Waals surface area contributed by atoms with Crippen molar-refractivity contribution in [1.29, 1.82) is 0 Å². The number of nitrogens with zero attached hydrogens (tertiary/aromatic N) is 1. The van der Waals surface area contributed by atoms with Crippen LogP contribution in [0.3, 0.4) is 0 Å². The molecule has 2 heterocycles. The van der Waals surface area contributed by atoms with Gasteiger partial charge in [0.05, 0.1) is 12.6 Å². The van der Waals surface area contributed by atoms with E-state index >= 15 is 0 Å². The maximum atomic E-state index is 12.6. The number of para-hydroxylation sites is 1. The number of fused-ring (bicyclic) bond motifs is 1. The largest absolute Gasteiger partial charge is 0.357 e. The van der Waals surface area contributed by atoms with E-state index in [1.165, 1.54) is 30.3 Å². The Balaban J connectivity index is 0.00000169. The number of amides is 1. The molecule has 4 rings (SSSR count). The minimum Gasteiger partial charge on any atom is -0.357 e. The third-order valence-electron chi connectivity index (χ3n) is 5.14. The van der Waals surface area contributed by atoms with Gasteiger partial charge in [-0.15, -0.1) is 12.4 Å². The number of carbonyl (C=O) groups is 1. The van der Waals surface area contributed by atoms with E-state index in [-0.39, 0.29) is 24.4 Å². The standard InChI is InChI=1S/C19H25N3O.ClH/c23-19(13-20-12-14-8-9-14)22-10-4-3-7-18(22)17-11-15-5-1-2-6-16(15)21-17;/h1-2,5-6,11,14,18,20-21H,3-4,7-10,12-13H2;1H. The van der Waals surface area contributed by atoms with Crippen molar-refractivity contribution in [3.63, 3.8) is 0 Å². The number of halogens is 1. The number of piperidine rings is 1. The van der Waals surface area contributed by atoms with E-state index in [1.54, 1.807) is 0 Å². The van der Waals surface area contributed by atoms with Crippen LogP contribution in [0.25, 0.3) is 10.9 Å². The minimum absolute atomic E-state index is 0. The van der Waals surface area contributed by atoms with Crippen LogP contribution in [0.4, 0.5) is 0 Å². The average Bonchev–Trinajstić information content (AvgIpc) is 3.30. The van der Waals surface area contributed by atoms with Crippen molar-refractivity contribution >= 4 is 29.2 Å². The fourth-order valence-corrected chi connectivity index (χ4v) is 3.64. The van der Waals surface area contributed by atoms with Crippen molar-refractivity contribution in [2.24, 2.45) is 5.92 Å². The molecule has 2 fully saturated rings. The van der Waals surface area contributed by atoms with Crippen LogP contribution < -0.4 is 5.32 Å². The van der Waals surface area contributed by atoms with Crippen LogP contribution in [0.2, 0.25) is 0 Å². The van der Waals surface area contributed by atoms with Gasteiger partial charge in [0.15, 0.2) is 0 Å². The summed E-state index contributed by atoms with van der Waals surface area (Å²) in [6, 6.07) is 10.8. The van der Waals surface area contributed by atoms with E-state index in [9.17, 15) is 4.79 Å². The fraction of sp³-hybridized carbons (Fsp3) is 0.526. The predicted octanol–water partition coefficient (Wildman–Crippen LogP) is 3.64. The van der Waals surface area contributed by atoms with Gasteiger partial charge in [-0.05, 0) is 62.1 Å². The first-order valence-electron chi connectivity index (χ1n) is 8.89. The van der Waals surface area contributed by atoms with Gasteiger partial charge < -0.3 is 15.2 Å². The van der Waals surface area contributed by atoms with E-state index in [0.29, 0.717) is 6.54 Å². The summed E-state index contributed by atoms with van der Waals surface area (Å²) in [5.41, 5.74) is 2.34. The molecule has 1 unspecified atom stereocenters. The van der Waals surface area contributed by atoms with Gasteiger partial charge in [0.1, 0.15) is 0 Å². The Morgan fingerprint density at radius 3 is 2.83 bits per heavy atom. The van der Waals surface area contributed by atoms with E-state index < -0.39 is 0 Å². The third kappa shape index (κ3) is 3.76. The average molecular weight is 348 g/mol. The quantitative estimate of drug-likeness (QED) is 0.867. The van der Waals surface area contributed by atoms with Gasteiger partial charge in [-0.3, -0.25) is 4.79 Å². The van der Waals surface area contributed by atoms with Crippen LogP contribution in [-0.4, -0.2) is 35.4 Å². The van der Waals surface area contributed by atoms with Crippen LogP contribution in [0.15, 0.2) is 30.3 Å². The molecule has 1 aromatic carbocycles. The van der Waals surface area contributed by atoms with Crippen molar-refractivity contribution in [2.45, 2.75) is 38.1 Å². The van der Waals surface area contributed by atoms with E-state index in [0.717, 1.165) is 37.4 Å². The molecule has 1 aliphatic heterocycles. The number of H-pyrrole nitrogens is 1. The van der Waals surface area contributed by atoms with Gasteiger partial charge in [-0.1, -0.05) is 18.2 Å². The molecule has 1 aliphatic carbocycles. The fourth-order valence-electron chi connectivity index (χ4n) is 3.64. The molecule has 130 valence electrons. The number of carbonyl (C=O) groups excluding carboxylic acids is 1. The first kappa shape index (κ1) is 17.3. The Morgan fingerprint density at radius 2 is 2.04 bits per heavy atom. The number of aromatic amines is 1. The topological polar surface area (TPSA) is 48.1 Å². The van der Waals surface area contributed by atoms with Crippen LogP contribution in [0, 0.1) is 5.92 Å². The Bertz CT molecular complexity index is 662. The van der Waals surface area contributed by atoms with Gasteiger partial charge in [0.25, 0.3) is 0 Å². The summed E-state index contributed by atoms with van der Waals surface area (Å²) in [6.45, 7) is 2.35. The molecule has 1 saturated carbocycles. The van der Waals surface area contributed by atoms with Gasteiger partial charge >= 0.3 is 0 Å². The molecular weight excluding hydrogens is 322 g/mol. The second-order valence-electron chi connectivity index (χ2n) is 6.98. The molecule has 1 saturated heterocycles. The maximum Gasteiger partial charge on any atom is 0.237 e. The highest BCUT2D eigenvalue weighted by Gasteiger charge is 2.29. The normalized spacial score (nSPS) is 20.8. The smallest absolute Gasteiger partial charge is 0.237 e. The Kier molecular flexibility index (Phi) is 5.47. The summed E-state index contributed by atoms with van der Waals surface area (Å²) in [4.78, 5) is 18.2. The van der Waals surface area contributed by atoms with Gasteiger partial charge in [-0.25, -0.2) is 0 Å². The van der Waals surface area contributed by atoms with Crippen LogP contribution >= 0.6 is 12.4 Å². The van der Waals surface area contributed by atoms with Crippen LogP contribution in [0.1, 0.15) is 43.8 Å². The second-order valence-corrected chi connectivity index (χ2v) is 6.98. The molecule has 0 radical (unpaired) electrons. The zero-order valence-electron chi connectivity index (χ0n) is 14.0. The highest BCUT2D eigenvalue weighted by atomic mass is 35.5. The van der Waals surface area contributed by atoms with Crippen LogP contribution in [-0.2, 0) is 4.79 Å². The van der Waals surface area contributed by atoms with Crippen molar-refractivity contribution < 1.29 is 4.79 Å². The van der Waals surface area contributed by atoms with Gasteiger partial charge in [-0.2, -0.15) is 0 Å². The van der Waals surface area contributed by atoms with E-state index in [4.69, 9.17) is 0 Å². The highest BCUT2D eigenvalue weighted by Crippen LogP contribution is 2.32. The predicted molar refractivity (Wildman–Crippen MR) is 99.4 cm³/mol. The van der Waals surface area contributed by atoms with Crippen molar-refractivity contribution in [3.8, 4) is 0 Å². The minimum atomic E-state index is 0. The summed E-state index contributed by atoms with van der Waals surface area (Å²) in [5.74, 6) is 1.06. The zero-order chi connectivity index (χ0) is 15.6. The molecule has 1 aromatic heterocycles. The van der Waals surface area contributed by atoms with Gasteiger partial charge in [0.2, 0.25) is 5.91 Å². The van der Waals surface area contributed by atoms with Crippen LogP contribution in [0.5, 0.6) is 0 Å². The number of likely N-dealkylation sites (tertiary alicyclic amines) is 1. The number of hydrogen-bond acceptors (Lipinski definition) is 2. The molecule has 5 heteroatoms. The van der Waals surface area contributed by atoms with Crippen molar-refractivity contribution in [3.05, 3.63) is 36.0 Å². The number of hydrogen-bond donors (Lipinski definition) is 2. The van der Waals surface area contributed by atoms with Gasteiger partial charge in [0, 0.05) is 17.8 Å². The molecule has 4 nitrogen and oxygen atoms in total. The molecule has 0 spiro atoms. The number of rotatable bonds is 5. The molecule has 2 N–H and O–H groups in total. The lowest BCUT2D eigenvalue weighted by atomic mass is 9.99. The SMILES string of the molecule is Cl.O=C(CNCC1CC1)N1CCCCC1c1cc2ccccc2[nH]1. The molecule has 0 bridgehead atoms. The number of nitrogens with one attached hydrogen (secondary N) is 2. The second kappa shape index (κ2) is 7.58. The molecule has 2 aliphatic rings. The molecule has 24 heavy (non-hydrogen) atoms. The lowest BCUT2D eigenvalue weighted by Gasteiger charge is -2.35. The summed E-state index contributed by atoms with van der Waals surface area (Å²) < 4.78 is 0. The lowest BCUT2D eigenvalue weighted by Crippen LogP contribution is -2.43. The van der Waals surface area contributed by atoms with Crippen molar-refractivity contribution in [1.82, 2.24) is 15.2 Å². The lowest BCUT2D eigenvalue weighted by molar-refractivity contribution is -0.134.